The van der Waals surface area contributed by atoms with Crippen LogP contribution in [-0.2, 0) is 0 Å². The Morgan fingerprint density at radius 2 is 2.22 bits per heavy atom. The summed E-state index contributed by atoms with van der Waals surface area (Å²) >= 11 is 1.13. The number of anilines is 2. The van der Waals surface area contributed by atoms with Crippen LogP contribution in [0.5, 0.6) is 0 Å². The molecule has 2 aromatic rings. The number of carbonyl (C=O) groups is 1. The highest BCUT2D eigenvalue weighted by Crippen LogP contribution is 2.11. The van der Waals surface area contributed by atoms with Crippen LogP contribution in [-0.4, -0.2) is 31.8 Å². The Morgan fingerprint density at radius 1 is 1.39 bits per heavy atom. The Kier molecular flexibility index (Phi) is 3.78. The number of carbonyl (C=O) groups excluding carboxylic acids is 1. The van der Waals surface area contributed by atoms with E-state index in [0.29, 0.717) is 16.8 Å². The van der Waals surface area contributed by atoms with Crippen molar-refractivity contribution >= 4 is 28.4 Å². The van der Waals surface area contributed by atoms with E-state index in [9.17, 15) is 4.79 Å². The summed E-state index contributed by atoms with van der Waals surface area (Å²) < 4.78 is 3.97. The number of hydrogen-bond acceptors (Lipinski definition) is 7. The number of nitrogens with one attached hydrogen (secondary N) is 2. The molecule has 0 aliphatic heterocycles. The summed E-state index contributed by atoms with van der Waals surface area (Å²) in [6.07, 6.45) is 2.94. The molecule has 8 heteroatoms. The van der Waals surface area contributed by atoms with E-state index < -0.39 is 0 Å². The third kappa shape index (κ3) is 2.98. The van der Waals surface area contributed by atoms with Crippen LogP contribution in [0.3, 0.4) is 0 Å². The van der Waals surface area contributed by atoms with Crippen LogP contribution >= 0.6 is 11.5 Å². The molecule has 2 N–H and O–H groups in total. The maximum absolute atomic E-state index is 11.8. The first-order valence-corrected chi connectivity index (χ1v) is 6.14. The van der Waals surface area contributed by atoms with Crippen molar-refractivity contribution in [3.8, 4) is 0 Å². The van der Waals surface area contributed by atoms with E-state index in [1.165, 1.54) is 12.4 Å². The van der Waals surface area contributed by atoms with E-state index >= 15 is 0 Å². The fourth-order valence-electron chi connectivity index (χ4n) is 1.23. The van der Waals surface area contributed by atoms with Crippen LogP contribution in [0.15, 0.2) is 12.4 Å². The fourth-order valence-corrected chi connectivity index (χ4v) is 1.80. The van der Waals surface area contributed by atoms with Gasteiger partial charge < -0.3 is 5.32 Å². The number of rotatable bonds is 4. The molecule has 0 radical (unpaired) electrons. The van der Waals surface area contributed by atoms with E-state index in [4.69, 9.17) is 0 Å². The van der Waals surface area contributed by atoms with Crippen molar-refractivity contribution in [2.45, 2.75) is 13.8 Å². The maximum atomic E-state index is 11.8. The van der Waals surface area contributed by atoms with Crippen LogP contribution < -0.4 is 10.6 Å². The number of aromatic nitrogens is 4. The van der Waals surface area contributed by atoms with E-state index in [0.717, 1.165) is 18.1 Å². The van der Waals surface area contributed by atoms with Crippen LogP contribution in [0.2, 0.25) is 0 Å². The lowest BCUT2D eigenvalue weighted by Gasteiger charge is -2.02. The second-order valence-corrected chi connectivity index (χ2v) is 4.17. The third-order valence-corrected chi connectivity index (χ3v) is 2.71. The van der Waals surface area contributed by atoms with Gasteiger partial charge in [0, 0.05) is 18.1 Å². The third-order valence-electron chi connectivity index (χ3n) is 1.99. The number of hydrogen-bond donors (Lipinski definition) is 2. The molecule has 0 aromatic carbocycles. The average molecular weight is 264 g/mol. The first kappa shape index (κ1) is 12.4. The van der Waals surface area contributed by atoms with Crippen molar-refractivity contribution in [1.29, 1.82) is 0 Å². The zero-order valence-corrected chi connectivity index (χ0v) is 10.8. The Bertz CT molecular complexity index is 538. The molecule has 0 saturated heterocycles. The highest BCUT2D eigenvalue weighted by Gasteiger charge is 2.10. The zero-order chi connectivity index (χ0) is 13.0. The van der Waals surface area contributed by atoms with Gasteiger partial charge in [-0.3, -0.25) is 10.1 Å². The summed E-state index contributed by atoms with van der Waals surface area (Å²) in [5.41, 5.74) is 0.240. The molecule has 2 heterocycles. The summed E-state index contributed by atoms with van der Waals surface area (Å²) in [4.78, 5) is 23.9. The van der Waals surface area contributed by atoms with Gasteiger partial charge in [0.05, 0.1) is 12.4 Å². The first-order chi connectivity index (χ1) is 8.69. The van der Waals surface area contributed by atoms with Crippen molar-refractivity contribution in [2.75, 3.05) is 17.2 Å². The molecule has 1 amide bonds. The number of amides is 1. The summed E-state index contributed by atoms with van der Waals surface area (Å²) in [6.45, 7) is 4.47. The minimum absolute atomic E-state index is 0.240. The summed E-state index contributed by atoms with van der Waals surface area (Å²) in [5.74, 6) is 0.923. The molecule has 0 atom stereocenters. The lowest BCUT2D eigenvalue weighted by molar-refractivity contribution is 0.102. The predicted octanol–water partition coefficient (Wildman–Crippen LogP) is 1.32. The van der Waals surface area contributed by atoms with Crippen molar-refractivity contribution < 1.29 is 4.79 Å². The lowest BCUT2D eigenvalue weighted by Crippen LogP contribution is -2.14. The van der Waals surface area contributed by atoms with Gasteiger partial charge in [0.15, 0.2) is 0 Å². The van der Waals surface area contributed by atoms with Gasteiger partial charge in [-0.05, 0) is 13.8 Å². The van der Waals surface area contributed by atoms with Crippen molar-refractivity contribution in [1.82, 2.24) is 19.3 Å². The molecule has 0 aliphatic carbocycles. The average Bonchev–Trinajstić information content (AvgIpc) is 2.76. The van der Waals surface area contributed by atoms with E-state index in [1.807, 2.05) is 6.92 Å². The normalized spacial score (nSPS) is 10.1. The molecule has 7 nitrogen and oxygen atoms in total. The Labute approximate surface area is 108 Å². The minimum Gasteiger partial charge on any atom is -0.369 e. The van der Waals surface area contributed by atoms with E-state index in [-0.39, 0.29) is 11.6 Å². The molecule has 0 unspecified atom stereocenters. The van der Waals surface area contributed by atoms with Crippen molar-refractivity contribution in [3.63, 3.8) is 0 Å². The van der Waals surface area contributed by atoms with Crippen LogP contribution in [0, 0.1) is 6.92 Å². The van der Waals surface area contributed by atoms with Gasteiger partial charge in [-0.25, -0.2) is 15.0 Å². The second-order valence-electron chi connectivity index (χ2n) is 3.42. The fraction of sp³-hybridized carbons (Fsp3) is 0.300. The van der Waals surface area contributed by atoms with Gasteiger partial charge in [0.25, 0.3) is 5.91 Å². The summed E-state index contributed by atoms with van der Waals surface area (Å²) in [6, 6.07) is 0. The van der Waals surface area contributed by atoms with Crippen molar-refractivity contribution in [3.05, 3.63) is 23.9 Å². The van der Waals surface area contributed by atoms with Gasteiger partial charge in [-0.2, -0.15) is 4.37 Å². The molecular weight excluding hydrogens is 252 g/mol. The standard InChI is InChI=1S/C10H12N6OS/c1-3-11-8-5-12-7(4-13-8)9(17)15-10-14-6(2)16-18-10/h4-5H,3H2,1-2H3,(H,11,13)(H,14,15,16,17). The van der Waals surface area contributed by atoms with Crippen molar-refractivity contribution in [2.24, 2.45) is 0 Å². The molecule has 0 fully saturated rings. The van der Waals surface area contributed by atoms with Crippen LogP contribution in [0.1, 0.15) is 23.2 Å². The molecule has 0 saturated carbocycles. The Balaban J connectivity index is 2.04. The molecule has 2 rings (SSSR count). The van der Waals surface area contributed by atoms with Crippen LogP contribution in [0.25, 0.3) is 0 Å². The molecule has 94 valence electrons. The molecule has 2 aromatic heterocycles. The van der Waals surface area contributed by atoms with Gasteiger partial charge >= 0.3 is 0 Å². The smallest absolute Gasteiger partial charge is 0.277 e. The van der Waals surface area contributed by atoms with Gasteiger partial charge in [-0.1, -0.05) is 0 Å². The SMILES string of the molecule is CCNc1cnc(C(=O)Nc2nc(C)ns2)cn1. The molecule has 0 bridgehead atoms. The molecular formula is C10H12N6OS. The van der Waals surface area contributed by atoms with Crippen LogP contribution in [0.4, 0.5) is 10.9 Å². The highest BCUT2D eigenvalue weighted by molar-refractivity contribution is 7.09. The zero-order valence-electron chi connectivity index (χ0n) is 9.97. The molecule has 0 spiro atoms. The maximum Gasteiger partial charge on any atom is 0.277 e. The van der Waals surface area contributed by atoms with E-state index in [1.54, 1.807) is 6.92 Å². The quantitative estimate of drug-likeness (QED) is 0.865. The largest absolute Gasteiger partial charge is 0.369 e. The van der Waals surface area contributed by atoms with Gasteiger partial charge in [0.1, 0.15) is 17.3 Å². The predicted molar refractivity (Wildman–Crippen MR) is 68.8 cm³/mol. The molecule has 18 heavy (non-hydrogen) atoms. The summed E-state index contributed by atoms with van der Waals surface area (Å²) in [5, 5.41) is 6.07. The Morgan fingerprint density at radius 3 is 2.78 bits per heavy atom. The molecule has 0 aliphatic rings. The topological polar surface area (TPSA) is 92.7 Å². The first-order valence-electron chi connectivity index (χ1n) is 5.36. The second kappa shape index (κ2) is 5.50. The van der Waals surface area contributed by atoms with E-state index in [2.05, 4.69) is 30.0 Å². The Hall–Kier alpha value is -2.09. The monoisotopic (exact) mass is 264 g/mol. The summed E-state index contributed by atoms with van der Waals surface area (Å²) in [7, 11) is 0. The van der Waals surface area contributed by atoms with Gasteiger partial charge in [-0.15, -0.1) is 0 Å². The van der Waals surface area contributed by atoms with Gasteiger partial charge in [0.2, 0.25) is 5.13 Å². The minimum atomic E-state index is -0.346. The lowest BCUT2D eigenvalue weighted by atomic mass is 10.4. The number of nitrogens with zero attached hydrogens (tertiary/aromatic N) is 4. The highest BCUT2D eigenvalue weighted by atomic mass is 32.1. The number of aryl methyl sites for hydroxylation is 1.